The maximum Gasteiger partial charge on any atom is 0.280 e. The minimum absolute atomic E-state index is 0.00947. The Morgan fingerprint density at radius 1 is 1.33 bits per heavy atom. The Kier molecular flexibility index (Phi) is 4.50. The topological polar surface area (TPSA) is 134 Å². The number of H-pyrrole nitrogens is 1. The van der Waals surface area contributed by atoms with Gasteiger partial charge in [-0.1, -0.05) is 23.9 Å². The molecule has 0 aliphatic heterocycles. The van der Waals surface area contributed by atoms with Crippen LogP contribution in [0.15, 0.2) is 34.2 Å². The first-order valence-corrected chi connectivity index (χ1v) is 8.09. The third-order valence-corrected chi connectivity index (χ3v) is 4.41. The van der Waals surface area contributed by atoms with Crippen molar-refractivity contribution < 1.29 is 5.11 Å². The number of nitrogens with zero attached hydrogens (tertiary/aromatic N) is 4. The monoisotopic (exact) mass is 342 g/mol. The molecule has 2 aromatic heterocycles. The molecule has 9 heteroatoms. The van der Waals surface area contributed by atoms with E-state index in [1.165, 1.54) is 11.8 Å². The summed E-state index contributed by atoms with van der Waals surface area (Å²) < 4.78 is 1.68. The van der Waals surface area contributed by atoms with Crippen LogP contribution in [0.1, 0.15) is 11.1 Å². The first-order valence-electron chi connectivity index (χ1n) is 7.11. The van der Waals surface area contributed by atoms with Gasteiger partial charge < -0.3 is 15.4 Å². The van der Waals surface area contributed by atoms with Crippen LogP contribution < -0.4 is 11.3 Å². The molecule has 0 radical (unpaired) electrons. The Hall–Kier alpha value is -2.83. The number of thioether (sulfide) groups is 1. The lowest BCUT2D eigenvalue weighted by Crippen LogP contribution is -2.12. The molecule has 3 rings (SSSR count). The number of aromatic amines is 1. The van der Waals surface area contributed by atoms with Crippen LogP contribution in [0.5, 0.6) is 0 Å². The lowest BCUT2D eigenvalue weighted by Gasteiger charge is -2.06. The van der Waals surface area contributed by atoms with Gasteiger partial charge >= 0.3 is 0 Å². The fourth-order valence-corrected chi connectivity index (χ4v) is 3.22. The summed E-state index contributed by atoms with van der Waals surface area (Å²) in [7, 11) is 0. The van der Waals surface area contributed by atoms with E-state index >= 15 is 0 Å². The zero-order valence-corrected chi connectivity index (χ0v) is 13.4. The second kappa shape index (κ2) is 6.74. The summed E-state index contributed by atoms with van der Waals surface area (Å²) in [4.78, 5) is 22.8. The van der Waals surface area contributed by atoms with Crippen LogP contribution in [-0.4, -0.2) is 31.2 Å². The summed E-state index contributed by atoms with van der Waals surface area (Å²) in [5, 5.41) is 18.7. The van der Waals surface area contributed by atoms with E-state index in [-0.39, 0.29) is 24.6 Å². The van der Waals surface area contributed by atoms with Gasteiger partial charge in [-0.15, -0.1) is 0 Å². The van der Waals surface area contributed by atoms with Crippen molar-refractivity contribution in [2.75, 3.05) is 12.3 Å². The minimum Gasteiger partial charge on any atom is -0.395 e. The fraction of sp³-hybridized carbons (Fsp3) is 0.200. The van der Waals surface area contributed by atoms with E-state index in [2.05, 4.69) is 21.0 Å². The summed E-state index contributed by atoms with van der Waals surface area (Å²) in [6.07, 6.45) is 0. The molecule has 0 saturated heterocycles. The lowest BCUT2D eigenvalue weighted by atomic mass is 10.2. The van der Waals surface area contributed by atoms with Gasteiger partial charge in [-0.25, -0.2) is 4.98 Å². The van der Waals surface area contributed by atoms with E-state index in [4.69, 9.17) is 11.0 Å². The van der Waals surface area contributed by atoms with Crippen LogP contribution in [0.3, 0.4) is 0 Å². The molecule has 0 aliphatic rings. The van der Waals surface area contributed by atoms with Crippen molar-refractivity contribution in [2.45, 2.75) is 17.5 Å². The van der Waals surface area contributed by atoms with Gasteiger partial charge in [-0.2, -0.15) is 10.2 Å². The molecule has 1 aromatic carbocycles. The number of nitrogens with two attached hydrogens (primary N) is 1. The number of hydrogen-bond donors (Lipinski definition) is 3. The van der Waals surface area contributed by atoms with Crippen molar-refractivity contribution >= 4 is 28.9 Å². The van der Waals surface area contributed by atoms with E-state index in [0.29, 0.717) is 22.1 Å². The number of hydrogen-bond acceptors (Lipinski definition) is 7. The van der Waals surface area contributed by atoms with Gasteiger partial charge in [0.15, 0.2) is 16.3 Å². The Morgan fingerprint density at radius 3 is 2.75 bits per heavy atom. The number of nitriles is 1. The number of anilines is 1. The smallest absolute Gasteiger partial charge is 0.280 e. The average Bonchev–Trinajstić information content (AvgIpc) is 2.92. The number of rotatable bonds is 5. The summed E-state index contributed by atoms with van der Waals surface area (Å²) in [5.74, 6) is 0.614. The second-order valence-electron chi connectivity index (χ2n) is 4.99. The Morgan fingerprint density at radius 2 is 2.08 bits per heavy atom. The average molecular weight is 342 g/mol. The number of aliphatic hydroxyl groups is 1. The number of aromatic nitrogens is 4. The van der Waals surface area contributed by atoms with Gasteiger partial charge in [0.05, 0.1) is 18.2 Å². The van der Waals surface area contributed by atoms with E-state index < -0.39 is 5.56 Å². The quantitative estimate of drug-likeness (QED) is 0.585. The first-order chi connectivity index (χ1) is 11.6. The lowest BCUT2D eigenvalue weighted by molar-refractivity contribution is 0.273. The highest BCUT2D eigenvalue weighted by Crippen LogP contribution is 2.25. The van der Waals surface area contributed by atoms with E-state index in [1.54, 1.807) is 16.7 Å². The van der Waals surface area contributed by atoms with Crippen LogP contribution in [0, 0.1) is 11.3 Å². The Bertz CT molecular complexity index is 971. The zero-order chi connectivity index (χ0) is 17.1. The predicted molar refractivity (Wildman–Crippen MR) is 90.4 cm³/mol. The number of benzene rings is 1. The number of imidazole rings is 1. The van der Waals surface area contributed by atoms with Gasteiger partial charge in [0.1, 0.15) is 0 Å². The molecule has 0 unspecified atom stereocenters. The standard InChI is InChI=1S/C15H14N6O2S/c16-7-9-1-3-10(4-2-9)8-24-15-18-11-12(21(15)5-6-22)19-14(17)20-13(11)23/h1-4,22H,5-6,8H2,(H3,17,19,20,23). The van der Waals surface area contributed by atoms with Crippen molar-refractivity contribution in [3.63, 3.8) is 0 Å². The summed E-state index contributed by atoms with van der Waals surface area (Å²) in [6, 6.07) is 9.31. The molecule has 0 atom stereocenters. The molecule has 4 N–H and O–H groups in total. The van der Waals surface area contributed by atoms with Crippen molar-refractivity contribution in [2.24, 2.45) is 0 Å². The Balaban J connectivity index is 1.93. The van der Waals surface area contributed by atoms with E-state index in [0.717, 1.165) is 5.56 Å². The highest BCUT2D eigenvalue weighted by Gasteiger charge is 2.15. The fourth-order valence-electron chi connectivity index (χ4n) is 2.24. The molecule has 24 heavy (non-hydrogen) atoms. The van der Waals surface area contributed by atoms with Gasteiger partial charge in [0.25, 0.3) is 5.56 Å². The predicted octanol–water partition coefficient (Wildman–Crippen LogP) is 0.858. The molecule has 3 aromatic rings. The minimum atomic E-state index is -0.408. The van der Waals surface area contributed by atoms with Gasteiger partial charge in [-0.3, -0.25) is 9.78 Å². The van der Waals surface area contributed by atoms with Crippen LogP contribution >= 0.6 is 11.8 Å². The molecule has 2 heterocycles. The maximum absolute atomic E-state index is 12.0. The van der Waals surface area contributed by atoms with Crippen molar-refractivity contribution in [1.29, 1.82) is 5.26 Å². The first kappa shape index (κ1) is 16.0. The molecule has 0 bridgehead atoms. The summed E-state index contributed by atoms with van der Waals surface area (Å²) in [6.45, 7) is 0.159. The third-order valence-electron chi connectivity index (χ3n) is 3.36. The van der Waals surface area contributed by atoms with Gasteiger partial charge in [0, 0.05) is 12.3 Å². The second-order valence-corrected chi connectivity index (χ2v) is 5.93. The van der Waals surface area contributed by atoms with E-state index in [9.17, 15) is 9.90 Å². The van der Waals surface area contributed by atoms with Crippen molar-refractivity contribution in [3.8, 4) is 6.07 Å². The number of nitrogen functional groups attached to an aromatic ring is 1. The maximum atomic E-state index is 12.0. The van der Waals surface area contributed by atoms with Gasteiger partial charge in [0.2, 0.25) is 5.95 Å². The Labute approximate surface area is 141 Å². The SMILES string of the molecule is N#Cc1ccc(CSc2nc3c(=O)[nH]c(N)nc3n2CCO)cc1. The normalized spacial score (nSPS) is 10.8. The summed E-state index contributed by atoms with van der Waals surface area (Å²) >= 11 is 1.42. The highest BCUT2D eigenvalue weighted by atomic mass is 32.2. The van der Waals surface area contributed by atoms with Crippen LogP contribution in [-0.2, 0) is 12.3 Å². The van der Waals surface area contributed by atoms with Crippen molar-refractivity contribution in [3.05, 3.63) is 45.7 Å². The number of nitrogens with one attached hydrogen (secondary N) is 1. The number of aliphatic hydroxyl groups excluding tert-OH is 1. The molecule has 8 nitrogen and oxygen atoms in total. The van der Waals surface area contributed by atoms with E-state index in [1.807, 2.05) is 12.1 Å². The third kappa shape index (κ3) is 3.10. The molecule has 0 amide bonds. The van der Waals surface area contributed by atoms with Crippen molar-refractivity contribution in [1.82, 2.24) is 19.5 Å². The largest absolute Gasteiger partial charge is 0.395 e. The molecule has 0 saturated carbocycles. The van der Waals surface area contributed by atoms with Crippen LogP contribution in [0.4, 0.5) is 5.95 Å². The zero-order valence-electron chi connectivity index (χ0n) is 12.6. The molecule has 0 aliphatic carbocycles. The van der Waals surface area contributed by atoms with Crippen LogP contribution in [0.25, 0.3) is 11.2 Å². The molecular formula is C15H14N6O2S. The molecule has 122 valence electrons. The highest BCUT2D eigenvalue weighted by molar-refractivity contribution is 7.98. The molecule has 0 spiro atoms. The van der Waals surface area contributed by atoms with Crippen LogP contribution in [0.2, 0.25) is 0 Å². The van der Waals surface area contributed by atoms with Gasteiger partial charge in [-0.05, 0) is 17.7 Å². The molecular weight excluding hydrogens is 328 g/mol. The number of fused-ring (bicyclic) bond motifs is 1. The molecule has 0 fully saturated rings. The summed E-state index contributed by atoms with van der Waals surface area (Å²) in [5.41, 5.74) is 7.34.